The van der Waals surface area contributed by atoms with E-state index < -0.39 is 12.0 Å². The van der Waals surface area contributed by atoms with E-state index in [9.17, 15) is 4.79 Å². The Hall–Kier alpha value is -1.36. The lowest BCUT2D eigenvalue weighted by molar-refractivity contribution is -0.140. The van der Waals surface area contributed by atoms with Gasteiger partial charge in [-0.1, -0.05) is 0 Å². The van der Waals surface area contributed by atoms with Crippen LogP contribution in [0.2, 0.25) is 0 Å². The van der Waals surface area contributed by atoms with Crippen molar-refractivity contribution in [2.75, 3.05) is 0 Å². The van der Waals surface area contributed by atoms with Crippen LogP contribution in [0.1, 0.15) is 26.5 Å². The number of carboxylic acids is 1. The second-order valence-corrected chi connectivity index (χ2v) is 4.55. The maximum absolute atomic E-state index is 11.0. The lowest BCUT2D eigenvalue weighted by Gasteiger charge is -2.25. The van der Waals surface area contributed by atoms with Gasteiger partial charge < -0.3 is 10.1 Å². The molecule has 0 aliphatic heterocycles. The first kappa shape index (κ1) is 11.7. The van der Waals surface area contributed by atoms with Crippen molar-refractivity contribution < 1.29 is 9.90 Å². The maximum atomic E-state index is 11.0. The third-order valence-electron chi connectivity index (χ3n) is 1.87. The number of imidazole rings is 1. The van der Waals surface area contributed by atoms with Crippen molar-refractivity contribution in [1.29, 1.82) is 0 Å². The van der Waals surface area contributed by atoms with Gasteiger partial charge in [0.05, 0.1) is 12.0 Å². The molecule has 84 valence electrons. The molecule has 0 saturated heterocycles. The number of hydrogen-bond donors (Lipinski definition) is 3. The van der Waals surface area contributed by atoms with Crippen LogP contribution in [0.25, 0.3) is 0 Å². The molecule has 0 aliphatic rings. The van der Waals surface area contributed by atoms with Crippen molar-refractivity contribution in [3.8, 4) is 0 Å². The number of H-pyrrole nitrogens is 1. The van der Waals surface area contributed by atoms with Gasteiger partial charge in [0.15, 0.2) is 0 Å². The molecule has 0 amide bonds. The Kier molecular flexibility index (Phi) is 3.47. The van der Waals surface area contributed by atoms with Gasteiger partial charge in [0.1, 0.15) is 6.04 Å². The number of carboxylic acid groups (broad SMARTS) is 1. The first-order chi connectivity index (χ1) is 6.88. The van der Waals surface area contributed by atoms with Gasteiger partial charge in [0, 0.05) is 18.2 Å². The molecule has 0 bridgehead atoms. The van der Waals surface area contributed by atoms with Crippen LogP contribution in [0.15, 0.2) is 12.5 Å². The monoisotopic (exact) mass is 211 g/mol. The van der Waals surface area contributed by atoms with Gasteiger partial charge in [-0.05, 0) is 20.8 Å². The lowest BCUT2D eigenvalue weighted by Crippen LogP contribution is -2.48. The molecule has 0 saturated carbocycles. The summed E-state index contributed by atoms with van der Waals surface area (Å²) in [7, 11) is 0. The smallest absolute Gasteiger partial charge is 0.321 e. The molecule has 3 N–H and O–H groups in total. The molecule has 5 nitrogen and oxygen atoms in total. The molecular formula is C10H17N3O2. The quantitative estimate of drug-likeness (QED) is 0.688. The molecule has 1 aromatic rings. The zero-order valence-corrected chi connectivity index (χ0v) is 9.24. The first-order valence-electron chi connectivity index (χ1n) is 4.86. The van der Waals surface area contributed by atoms with Gasteiger partial charge in [-0.15, -0.1) is 0 Å². The Morgan fingerprint density at radius 1 is 1.67 bits per heavy atom. The van der Waals surface area contributed by atoms with Gasteiger partial charge in [-0.25, -0.2) is 4.98 Å². The Labute approximate surface area is 88.9 Å². The minimum absolute atomic E-state index is 0.223. The van der Waals surface area contributed by atoms with E-state index in [1.807, 2.05) is 20.8 Å². The molecule has 0 aromatic carbocycles. The molecule has 1 heterocycles. The van der Waals surface area contributed by atoms with Gasteiger partial charge in [-0.2, -0.15) is 0 Å². The topological polar surface area (TPSA) is 78.0 Å². The van der Waals surface area contributed by atoms with Crippen LogP contribution in [0.5, 0.6) is 0 Å². The highest BCUT2D eigenvalue weighted by molar-refractivity contribution is 5.73. The number of rotatable bonds is 4. The molecular weight excluding hydrogens is 194 g/mol. The van der Waals surface area contributed by atoms with Crippen molar-refractivity contribution in [1.82, 2.24) is 15.3 Å². The molecule has 1 unspecified atom stereocenters. The normalized spacial score (nSPS) is 13.8. The summed E-state index contributed by atoms with van der Waals surface area (Å²) in [6, 6.07) is -0.603. The van der Waals surface area contributed by atoms with E-state index in [-0.39, 0.29) is 5.54 Å². The molecule has 0 spiro atoms. The van der Waals surface area contributed by atoms with Gasteiger partial charge in [-0.3, -0.25) is 10.1 Å². The molecule has 0 fully saturated rings. The minimum Gasteiger partial charge on any atom is -0.480 e. The van der Waals surface area contributed by atoms with Gasteiger partial charge >= 0.3 is 5.97 Å². The zero-order chi connectivity index (χ0) is 11.5. The first-order valence-corrected chi connectivity index (χ1v) is 4.86. The molecule has 15 heavy (non-hydrogen) atoms. The minimum atomic E-state index is -0.854. The number of nitrogens with zero attached hydrogens (tertiary/aromatic N) is 1. The molecule has 1 atom stereocenters. The highest BCUT2D eigenvalue weighted by Crippen LogP contribution is 2.05. The van der Waals surface area contributed by atoms with Crippen LogP contribution < -0.4 is 5.32 Å². The highest BCUT2D eigenvalue weighted by atomic mass is 16.4. The fraction of sp³-hybridized carbons (Fsp3) is 0.600. The average molecular weight is 211 g/mol. The molecule has 0 radical (unpaired) electrons. The zero-order valence-electron chi connectivity index (χ0n) is 9.24. The summed E-state index contributed by atoms with van der Waals surface area (Å²) in [5.41, 5.74) is 0.526. The SMILES string of the molecule is CC(C)(C)NC(Cc1c[nH]cn1)C(=O)O. The summed E-state index contributed by atoms with van der Waals surface area (Å²) in [6.07, 6.45) is 3.64. The van der Waals surface area contributed by atoms with Crippen molar-refractivity contribution >= 4 is 5.97 Å². The van der Waals surface area contributed by atoms with Crippen molar-refractivity contribution in [3.63, 3.8) is 0 Å². The van der Waals surface area contributed by atoms with E-state index in [1.54, 1.807) is 12.5 Å². The number of nitrogens with one attached hydrogen (secondary N) is 2. The summed E-state index contributed by atoms with van der Waals surface area (Å²) >= 11 is 0. The summed E-state index contributed by atoms with van der Waals surface area (Å²) < 4.78 is 0. The standard InChI is InChI=1S/C10H17N3O2/c1-10(2,3)13-8(9(14)15)4-7-5-11-6-12-7/h5-6,8,13H,4H2,1-3H3,(H,11,12)(H,14,15). The van der Waals surface area contributed by atoms with Crippen LogP contribution in [-0.4, -0.2) is 32.6 Å². The molecule has 1 rings (SSSR count). The Morgan fingerprint density at radius 2 is 2.33 bits per heavy atom. The van der Waals surface area contributed by atoms with Crippen LogP contribution in [0.3, 0.4) is 0 Å². The highest BCUT2D eigenvalue weighted by Gasteiger charge is 2.23. The fourth-order valence-corrected chi connectivity index (χ4v) is 1.33. The largest absolute Gasteiger partial charge is 0.480 e. The van der Waals surface area contributed by atoms with Crippen molar-refractivity contribution in [3.05, 3.63) is 18.2 Å². The van der Waals surface area contributed by atoms with E-state index in [1.165, 1.54) is 0 Å². The molecule has 1 aromatic heterocycles. The summed E-state index contributed by atoms with van der Waals surface area (Å²) in [5, 5.41) is 12.1. The lowest BCUT2D eigenvalue weighted by atomic mass is 10.0. The van der Waals surface area contributed by atoms with Crippen LogP contribution in [0, 0.1) is 0 Å². The maximum Gasteiger partial charge on any atom is 0.321 e. The number of hydrogen-bond acceptors (Lipinski definition) is 3. The van der Waals surface area contributed by atoms with Crippen molar-refractivity contribution in [2.45, 2.75) is 38.8 Å². The van der Waals surface area contributed by atoms with E-state index in [0.717, 1.165) is 5.69 Å². The summed E-state index contributed by atoms with van der Waals surface area (Å²) in [4.78, 5) is 17.8. The van der Waals surface area contributed by atoms with E-state index >= 15 is 0 Å². The number of aromatic nitrogens is 2. The van der Waals surface area contributed by atoms with Crippen LogP contribution in [-0.2, 0) is 11.2 Å². The Balaban J connectivity index is 2.63. The van der Waals surface area contributed by atoms with Crippen LogP contribution in [0.4, 0.5) is 0 Å². The fourth-order valence-electron chi connectivity index (χ4n) is 1.33. The number of aliphatic carboxylic acids is 1. The van der Waals surface area contributed by atoms with Crippen LogP contribution >= 0.6 is 0 Å². The Bertz CT molecular complexity index is 314. The third-order valence-corrected chi connectivity index (χ3v) is 1.87. The van der Waals surface area contributed by atoms with E-state index in [4.69, 9.17) is 5.11 Å². The van der Waals surface area contributed by atoms with Gasteiger partial charge in [0.2, 0.25) is 0 Å². The van der Waals surface area contributed by atoms with E-state index in [2.05, 4.69) is 15.3 Å². The molecule has 0 aliphatic carbocycles. The summed E-state index contributed by atoms with van der Waals surface area (Å²) in [6.45, 7) is 5.81. The van der Waals surface area contributed by atoms with E-state index in [0.29, 0.717) is 6.42 Å². The van der Waals surface area contributed by atoms with Gasteiger partial charge in [0.25, 0.3) is 0 Å². The second-order valence-electron chi connectivity index (χ2n) is 4.55. The predicted octanol–water partition coefficient (Wildman–Crippen LogP) is 0.793. The average Bonchev–Trinajstić information content (AvgIpc) is 2.52. The number of aromatic amines is 1. The Morgan fingerprint density at radius 3 is 2.73 bits per heavy atom. The number of carbonyl (C=O) groups is 1. The summed E-state index contributed by atoms with van der Waals surface area (Å²) in [5.74, 6) is -0.854. The third kappa shape index (κ3) is 4.12. The second kappa shape index (κ2) is 4.44. The van der Waals surface area contributed by atoms with Crippen molar-refractivity contribution in [2.24, 2.45) is 0 Å². The molecule has 5 heteroatoms. The predicted molar refractivity (Wildman–Crippen MR) is 56.6 cm³/mol.